The van der Waals surface area contributed by atoms with E-state index in [0.29, 0.717) is 44.9 Å². The average molecular weight is 486 g/mol. The van der Waals surface area contributed by atoms with E-state index in [0.717, 1.165) is 18.4 Å². The standard InChI is InChI=1S/C25H31N3O5S/c1-33-21-9-7-8-20(18-21)19-24(29)26-14-16-27(17-15-26)25(30)23-12-5-6-13-28(23)34(31,32)22-10-3-2-4-11-22/h2-4,7-11,18,23H,5-6,12-17,19H2,1H3. The fourth-order valence-electron chi connectivity index (χ4n) is 4.62. The Morgan fingerprint density at radius 1 is 0.912 bits per heavy atom. The van der Waals surface area contributed by atoms with Crippen molar-refractivity contribution < 1.29 is 22.7 Å². The third-order valence-electron chi connectivity index (χ3n) is 6.52. The summed E-state index contributed by atoms with van der Waals surface area (Å²) in [6.07, 6.45) is 2.34. The number of piperidine rings is 1. The molecule has 34 heavy (non-hydrogen) atoms. The Balaban J connectivity index is 1.38. The first kappa shape index (κ1) is 24.2. The number of sulfonamides is 1. The molecule has 1 unspecified atom stereocenters. The van der Waals surface area contributed by atoms with Gasteiger partial charge in [0, 0.05) is 32.7 Å². The summed E-state index contributed by atoms with van der Waals surface area (Å²) in [5, 5.41) is 0. The zero-order chi connectivity index (χ0) is 24.1. The molecule has 4 rings (SSSR count). The minimum atomic E-state index is -3.75. The average Bonchev–Trinajstić information content (AvgIpc) is 2.89. The van der Waals surface area contributed by atoms with E-state index in [1.165, 1.54) is 4.31 Å². The number of piperazine rings is 1. The van der Waals surface area contributed by atoms with Gasteiger partial charge in [-0.15, -0.1) is 0 Å². The van der Waals surface area contributed by atoms with Crippen LogP contribution in [0.5, 0.6) is 5.75 Å². The van der Waals surface area contributed by atoms with Crippen LogP contribution in [0.3, 0.4) is 0 Å². The van der Waals surface area contributed by atoms with E-state index in [2.05, 4.69) is 0 Å². The Bertz CT molecular complexity index is 1110. The summed E-state index contributed by atoms with van der Waals surface area (Å²) in [4.78, 5) is 29.8. The molecule has 9 heteroatoms. The first-order valence-corrected chi connectivity index (χ1v) is 13.1. The number of ether oxygens (including phenoxy) is 1. The molecule has 0 N–H and O–H groups in total. The maximum Gasteiger partial charge on any atom is 0.243 e. The zero-order valence-corrected chi connectivity index (χ0v) is 20.2. The van der Waals surface area contributed by atoms with Gasteiger partial charge in [-0.1, -0.05) is 36.8 Å². The second-order valence-electron chi connectivity index (χ2n) is 8.67. The molecule has 2 aliphatic heterocycles. The monoisotopic (exact) mass is 485 g/mol. The third-order valence-corrected chi connectivity index (χ3v) is 8.44. The molecule has 2 fully saturated rings. The summed E-state index contributed by atoms with van der Waals surface area (Å²) >= 11 is 0. The number of benzene rings is 2. The third kappa shape index (κ3) is 5.26. The first-order valence-electron chi connectivity index (χ1n) is 11.7. The van der Waals surface area contributed by atoms with Crippen LogP contribution in [0, 0.1) is 0 Å². The molecular weight excluding hydrogens is 454 g/mol. The second kappa shape index (κ2) is 10.6. The highest BCUT2D eigenvalue weighted by atomic mass is 32.2. The van der Waals surface area contributed by atoms with Gasteiger partial charge in [-0.2, -0.15) is 4.31 Å². The lowest BCUT2D eigenvalue weighted by Gasteiger charge is -2.40. The van der Waals surface area contributed by atoms with Crippen molar-refractivity contribution in [2.45, 2.75) is 36.6 Å². The number of amides is 2. The lowest BCUT2D eigenvalue weighted by Crippen LogP contribution is -2.57. The van der Waals surface area contributed by atoms with Gasteiger partial charge in [0.25, 0.3) is 0 Å². The zero-order valence-electron chi connectivity index (χ0n) is 19.4. The molecule has 2 amide bonds. The van der Waals surface area contributed by atoms with Crippen LogP contribution in [0.2, 0.25) is 0 Å². The van der Waals surface area contributed by atoms with E-state index >= 15 is 0 Å². The van der Waals surface area contributed by atoms with Gasteiger partial charge in [0.2, 0.25) is 21.8 Å². The van der Waals surface area contributed by atoms with Gasteiger partial charge in [0.1, 0.15) is 11.8 Å². The SMILES string of the molecule is COc1cccc(CC(=O)N2CCN(C(=O)C3CCCCN3S(=O)(=O)c3ccccc3)CC2)c1. The summed E-state index contributed by atoms with van der Waals surface area (Å²) in [5.41, 5.74) is 0.881. The molecule has 0 aromatic heterocycles. The van der Waals surface area contributed by atoms with E-state index in [9.17, 15) is 18.0 Å². The Hall–Kier alpha value is -2.91. The maximum atomic E-state index is 13.4. The number of carbonyl (C=O) groups excluding carboxylic acids is 2. The second-order valence-corrected chi connectivity index (χ2v) is 10.6. The molecule has 2 saturated heterocycles. The fraction of sp³-hybridized carbons (Fsp3) is 0.440. The Labute approximate surface area is 201 Å². The smallest absolute Gasteiger partial charge is 0.243 e. The highest BCUT2D eigenvalue weighted by Gasteiger charge is 2.40. The Kier molecular flexibility index (Phi) is 7.53. The van der Waals surface area contributed by atoms with Gasteiger partial charge in [-0.25, -0.2) is 8.42 Å². The molecule has 0 bridgehead atoms. The molecule has 2 aliphatic rings. The molecule has 0 saturated carbocycles. The molecule has 2 aromatic carbocycles. The first-order chi connectivity index (χ1) is 16.4. The van der Waals surface area contributed by atoms with E-state index in [4.69, 9.17) is 4.74 Å². The molecule has 2 aromatic rings. The van der Waals surface area contributed by atoms with Crippen molar-refractivity contribution in [2.24, 2.45) is 0 Å². The largest absolute Gasteiger partial charge is 0.497 e. The summed E-state index contributed by atoms with van der Waals surface area (Å²) in [6, 6.07) is 15.0. The van der Waals surface area contributed by atoms with Crippen LogP contribution in [0.1, 0.15) is 24.8 Å². The van der Waals surface area contributed by atoms with Gasteiger partial charge in [0.05, 0.1) is 18.4 Å². The van der Waals surface area contributed by atoms with Crippen LogP contribution in [0.4, 0.5) is 0 Å². The van der Waals surface area contributed by atoms with Gasteiger partial charge in [0.15, 0.2) is 0 Å². The van der Waals surface area contributed by atoms with Crippen LogP contribution in [-0.4, -0.2) is 80.2 Å². The van der Waals surface area contributed by atoms with E-state index in [-0.39, 0.29) is 23.1 Å². The van der Waals surface area contributed by atoms with Crippen LogP contribution in [0.25, 0.3) is 0 Å². The number of carbonyl (C=O) groups is 2. The summed E-state index contributed by atoms with van der Waals surface area (Å²) < 4.78 is 33.1. The predicted molar refractivity (Wildman–Crippen MR) is 128 cm³/mol. The predicted octanol–water partition coefficient (Wildman–Crippen LogP) is 2.15. The minimum absolute atomic E-state index is 0.00583. The molecule has 0 aliphatic carbocycles. The minimum Gasteiger partial charge on any atom is -0.497 e. The van der Waals surface area contributed by atoms with E-state index in [1.807, 2.05) is 24.3 Å². The van der Waals surface area contributed by atoms with Crippen molar-refractivity contribution in [1.82, 2.24) is 14.1 Å². The molecule has 0 spiro atoms. The van der Waals surface area contributed by atoms with Crippen molar-refractivity contribution in [2.75, 3.05) is 39.8 Å². The maximum absolute atomic E-state index is 13.4. The van der Waals surface area contributed by atoms with Crippen LogP contribution < -0.4 is 4.74 Å². The van der Waals surface area contributed by atoms with E-state index < -0.39 is 16.1 Å². The van der Waals surface area contributed by atoms with Crippen molar-refractivity contribution in [3.63, 3.8) is 0 Å². The summed E-state index contributed by atoms with van der Waals surface area (Å²) in [6.45, 7) is 2.02. The van der Waals surface area contributed by atoms with E-state index in [1.54, 1.807) is 47.2 Å². The topological polar surface area (TPSA) is 87.2 Å². The number of hydrogen-bond donors (Lipinski definition) is 0. The van der Waals surface area contributed by atoms with Crippen molar-refractivity contribution in [1.29, 1.82) is 0 Å². The van der Waals surface area contributed by atoms with Gasteiger partial charge < -0.3 is 14.5 Å². The normalized spacial score (nSPS) is 19.6. The molecular formula is C25H31N3O5S. The molecule has 1 atom stereocenters. The van der Waals surface area contributed by atoms with Crippen molar-refractivity contribution in [3.05, 3.63) is 60.2 Å². The van der Waals surface area contributed by atoms with Crippen molar-refractivity contribution in [3.8, 4) is 5.75 Å². The van der Waals surface area contributed by atoms with Crippen LogP contribution in [0.15, 0.2) is 59.5 Å². The van der Waals surface area contributed by atoms with Crippen molar-refractivity contribution >= 4 is 21.8 Å². The van der Waals surface area contributed by atoms with Crippen LogP contribution >= 0.6 is 0 Å². The molecule has 0 radical (unpaired) electrons. The summed E-state index contributed by atoms with van der Waals surface area (Å²) in [7, 11) is -2.16. The highest BCUT2D eigenvalue weighted by molar-refractivity contribution is 7.89. The fourth-order valence-corrected chi connectivity index (χ4v) is 6.30. The lowest BCUT2D eigenvalue weighted by atomic mass is 10.0. The Morgan fingerprint density at radius 2 is 1.62 bits per heavy atom. The Morgan fingerprint density at radius 3 is 2.32 bits per heavy atom. The number of hydrogen-bond acceptors (Lipinski definition) is 5. The number of nitrogens with zero attached hydrogens (tertiary/aromatic N) is 3. The summed E-state index contributed by atoms with van der Waals surface area (Å²) in [5.74, 6) is 0.550. The lowest BCUT2D eigenvalue weighted by molar-refractivity contribution is -0.142. The highest BCUT2D eigenvalue weighted by Crippen LogP contribution is 2.27. The molecule has 8 nitrogen and oxygen atoms in total. The number of rotatable bonds is 6. The quantitative estimate of drug-likeness (QED) is 0.626. The molecule has 2 heterocycles. The van der Waals surface area contributed by atoms with Crippen LogP contribution in [-0.2, 0) is 26.0 Å². The molecule has 182 valence electrons. The van der Waals surface area contributed by atoms with Gasteiger partial charge >= 0.3 is 0 Å². The van der Waals surface area contributed by atoms with Gasteiger partial charge in [-0.05, 0) is 42.7 Å². The van der Waals surface area contributed by atoms with Gasteiger partial charge in [-0.3, -0.25) is 9.59 Å². The number of methoxy groups -OCH3 is 1.